The molecule has 2 aromatic carbocycles. The summed E-state index contributed by atoms with van der Waals surface area (Å²) in [5.74, 6) is 0.518. The zero-order valence-electron chi connectivity index (χ0n) is 18.9. The molecule has 1 unspecified atom stereocenters. The summed E-state index contributed by atoms with van der Waals surface area (Å²) in [7, 11) is 0. The standard InChI is InChI=1S/C27H30ClFN2O/c1-17(26(32)31-27(2,3)20-8-10-21(28)11-9-20)18-4-6-19(7-5-18)23-14-15-30-25-13-12-22(29)16-24(23)25/h8-19H,4-7H2,1-3H3,(H,31,32)/t17?,18-,19+. The number of hydrogen-bond acceptors (Lipinski definition) is 2. The Labute approximate surface area is 194 Å². The summed E-state index contributed by atoms with van der Waals surface area (Å²) in [5, 5.41) is 4.83. The molecule has 168 valence electrons. The Morgan fingerprint density at radius 2 is 1.78 bits per heavy atom. The number of carbonyl (C=O) groups excluding carboxylic acids is 1. The van der Waals surface area contributed by atoms with Gasteiger partial charge in [0.15, 0.2) is 0 Å². The summed E-state index contributed by atoms with van der Waals surface area (Å²) in [5.41, 5.74) is 2.58. The third kappa shape index (κ3) is 4.80. The zero-order valence-corrected chi connectivity index (χ0v) is 19.6. The number of halogens is 2. The molecule has 0 saturated heterocycles. The van der Waals surface area contributed by atoms with Gasteiger partial charge in [-0.1, -0.05) is 30.7 Å². The second kappa shape index (κ2) is 9.19. The quantitative estimate of drug-likeness (QED) is 0.453. The van der Waals surface area contributed by atoms with Crippen molar-refractivity contribution < 1.29 is 9.18 Å². The van der Waals surface area contributed by atoms with Crippen LogP contribution in [0.25, 0.3) is 10.9 Å². The second-order valence-corrected chi connectivity index (χ2v) is 10.0. The van der Waals surface area contributed by atoms with Crippen molar-refractivity contribution in [3.63, 3.8) is 0 Å². The highest BCUT2D eigenvalue weighted by Crippen LogP contribution is 2.41. The van der Waals surface area contributed by atoms with Gasteiger partial charge in [-0.15, -0.1) is 0 Å². The Balaban J connectivity index is 1.40. The van der Waals surface area contributed by atoms with Crippen LogP contribution in [0.1, 0.15) is 63.5 Å². The van der Waals surface area contributed by atoms with Crippen molar-refractivity contribution in [3.05, 3.63) is 76.7 Å². The molecule has 3 nitrogen and oxygen atoms in total. The SMILES string of the molecule is CC(C(=O)NC(C)(C)c1ccc(Cl)cc1)[C@H]1CC[C@@H](c2ccnc3ccc(F)cc32)CC1. The third-order valence-corrected chi connectivity index (χ3v) is 7.32. The lowest BCUT2D eigenvalue weighted by atomic mass is 9.73. The van der Waals surface area contributed by atoms with E-state index in [1.165, 1.54) is 11.6 Å². The van der Waals surface area contributed by atoms with Gasteiger partial charge < -0.3 is 5.32 Å². The fourth-order valence-corrected chi connectivity index (χ4v) is 5.13. The Kier molecular flexibility index (Phi) is 6.52. The summed E-state index contributed by atoms with van der Waals surface area (Å²) < 4.78 is 13.8. The minimum atomic E-state index is -0.465. The Hall–Kier alpha value is -2.46. The van der Waals surface area contributed by atoms with Crippen LogP contribution in [0.15, 0.2) is 54.7 Å². The molecule has 0 radical (unpaired) electrons. The van der Waals surface area contributed by atoms with Crippen molar-refractivity contribution in [2.24, 2.45) is 11.8 Å². The Morgan fingerprint density at radius 1 is 1.09 bits per heavy atom. The van der Waals surface area contributed by atoms with Crippen molar-refractivity contribution in [2.45, 2.75) is 57.9 Å². The highest BCUT2D eigenvalue weighted by molar-refractivity contribution is 6.30. The van der Waals surface area contributed by atoms with Gasteiger partial charge in [-0.2, -0.15) is 0 Å². The van der Waals surface area contributed by atoms with Crippen LogP contribution < -0.4 is 5.32 Å². The summed E-state index contributed by atoms with van der Waals surface area (Å²) in [6.45, 7) is 6.08. The molecule has 1 N–H and O–H groups in total. The summed E-state index contributed by atoms with van der Waals surface area (Å²) in [4.78, 5) is 17.5. The average Bonchev–Trinajstić information content (AvgIpc) is 2.78. The number of pyridine rings is 1. The van der Waals surface area contributed by atoms with E-state index in [-0.39, 0.29) is 17.6 Å². The van der Waals surface area contributed by atoms with Crippen molar-refractivity contribution in [1.82, 2.24) is 10.3 Å². The van der Waals surface area contributed by atoms with Gasteiger partial charge in [0, 0.05) is 22.5 Å². The van der Waals surface area contributed by atoms with E-state index in [1.807, 2.05) is 57.3 Å². The average molecular weight is 453 g/mol. The number of rotatable bonds is 5. The molecule has 1 amide bonds. The van der Waals surface area contributed by atoms with Gasteiger partial charge in [0.05, 0.1) is 11.1 Å². The largest absolute Gasteiger partial charge is 0.347 e. The van der Waals surface area contributed by atoms with Crippen molar-refractivity contribution in [1.29, 1.82) is 0 Å². The molecular weight excluding hydrogens is 423 g/mol. The molecule has 1 aliphatic carbocycles. The van der Waals surface area contributed by atoms with E-state index in [4.69, 9.17) is 11.6 Å². The molecule has 1 aliphatic rings. The van der Waals surface area contributed by atoms with E-state index in [1.54, 1.807) is 12.1 Å². The van der Waals surface area contributed by atoms with Crippen LogP contribution in [-0.2, 0) is 10.3 Å². The van der Waals surface area contributed by atoms with Gasteiger partial charge in [-0.05, 0) is 98.9 Å². The van der Waals surface area contributed by atoms with Crippen LogP contribution >= 0.6 is 11.6 Å². The van der Waals surface area contributed by atoms with Gasteiger partial charge >= 0.3 is 0 Å². The minimum Gasteiger partial charge on any atom is -0.347 e. The second-order valence-electron chi connectivity index (χ2n) is 9.58. The topological polar surface area (TPSA) is 42.0 Å². The van der Waals surface area contributed by atoms with Crippen molar-refractivity contribution >= 4 is 28.4 Å². The summed E-state index contributed by atoms with van der Waals surface area (Å²) in [6, 6.07) is 14.4. The van der Waals surface area contributed by atoms with Gasteiger partial charge in [-0.25, -0.2) is 4.39 Å². The fraction of sp³-hybridized carbons (Fsp3) is 0.407. The number of nitrogens with one attached hydrogen (secondary N) is 1. The van der Waals surface area contributed by atoms with E-state index >= 15 is 0 Å². The highest BCUT2D eigenvalue weighted by Gasteiger charge is 2.33. The summed E-state index contributed by atoms with van der Waals surface area (Å²) in [6.07, 6.45) is 5.78. The molecular formula is C27H30ClFN2O. The first-order valence-corrected chi connectivity index (χ1v) is 11.7. The van der Waals surface area contributed by atoms with E-state index in [9.17, 15) is 9.18 Å². The lowest BCUT2D eigenvalue weighted by Crippen LogP contribution is -2.45. The monoisotopic (exact) mass is 452 g/mol. The number of amides is 1. The molecule has 32 heavy (non-hydrogen) atoms. The lowest BCUT2D eigenvalue weighted by Gasteiger charge is -2.34. The number of hydrogen-bond donors (Lipinski definition) is 1. The van der Waals surface area contributed by atoms with Crippen LogP contribution in [0.3, 0.4) is 0 Å². The fourth-order valence-electron chi connectivity index (χ4n) is 5.00. The molecule has 4 rings (SSSR count). The molecule has 1 saturated carbocycles. The van der Waals surface area contributed by atoms with Crippen LogP contribution in [0.2, 0.25) is 5.02 Å². The van der Waals surface area contributed by atoms with Gasteiger partial charge in [0.25, 0.3) is 0 Å². The van der Waals surface area contributed by atoms with E-state index in [0.29, 0.717) is 16.9 Å². The van der Waals surface area contributed by atoms with E-state index in [2.05, 4.69) is 10.3 Å². The molecule has 0 bridgehead atoms. The number of nitrogens with zero attached hydrogens (tertiary/aromatic N) is 1. The van der Waals surface area contributed by atoms with Crippen molar-refractivity contribution in [3.8, 4) is 0 Å². The number of benzene rings is 2. The third-order valence-electron chi connectivity index (χ3n) is 7.07. The number of carbonyl (C=O) groups is 1. The smallest absolute Gasteiger partial charge is 0.223 e. The molecule has 1 fully saturated rings. The van der Waals surface area contributed by atoms with Gasteiger partial charge in [-0.3, -0.25) is 9.78 Å². The molecule has 1 heterocycles. The highest BCUT2D eigenvalue weighted by atomic mass is 35.5. The first-order valence-electron chi connectivity index (χ1n) is 11.4. The molecule has 5 heteroatoms. The van der Waals surface area contributed by atoms with Crippen LogP contribution in [0.4, 0.5) is 4.39 Å². The molecule has 0 spiro atoms. The Bertz CT molecular complexity index is 1100. The predicted octanol–water partition coefficient (Wildman–Crippen LogP) is 6.99. The Morgan fingerprint density at radius 3 is 2.47 bits per heavy atom. The number of aromatic nitrogens is 1. The zero-order chi connectivity index (χ0) is 22.9. The maximum atomic E-state index is 13.8. The predicted molar refractivity (Wildman–Crippen MR) is 128 cm³/mol. The molecule has 1 atom stereocenters. The van der Waals surface area contributed by atoms with E-state index in [0.717, 1.165) is 42.1 Å². The molecule has 3 aromatic rings. The molecule has 1 aromatic heterocycles. The van der Waals surface area contributed by atoms with Crippen molar-refractivity contribution in [2.75, 3.05) is 0 Å². The van der Waals surface area contributed by atoms with Crippen LogP contribution in [0.5, 0.6) is 0 Å². The first-order chi connectivity index (χ1) is 15.2. The maximum absolute atomic E-state index is 13.8. The normalized spacial score (nSPS) is 20.2. The minimum absolute atomic E-state index is 0.0610. The van der Waals surface area contributed by atoms with Gasteiger partial charge in [0.1, 0.15) is 5.82 Å². The summed E-state index contributed by atoms with van der Waals surface area (Å²) >= 11 is 6.01. The van der Waals surface area contributed by atoms with Crippen LogP contribution in [-0.4, -0.2) is 10.9 Å². The molecule has 0 aliphatic heterocycles. The van der Waals surface area contributed by atoms with Gasteiger partial charge in [0.2, 0.25) is 5.91 Å². The van der Waals surface area contributed by atoms with E-state index < -0.39 is 5.54 Å². The maximum Gasteiger partial charge on any atom is 0.223 e. The lowest BCUT2D eigenvalue weighted by molar-refractivity contribution is -0.128. The number of fused-ring (bicyclic) bond motifs is 1. The van der Waals surface area contributed by atoms with Crippen LogP contribution in [0, 0.1) is 17.7 Å². The first kappa shape index (κ1) is 22.7.